The Balaban J connectivity index is 2.26. The van der Waals surface area contributed by atoms with Gasteiger partial charge in [0.15, 0.2) is 11.0 Å². The van der Waals surface area contributed by atoms with Crippen LogP contribution in [0.1, 0.15) is 15.9 Å². The van der Waals surface area contributed by atoms with Gasteiger partial charge in [0.2, 0.25) is 5.88 Å². The number of carbonyl (C=O) groups excluding carboxylic acids is 1. The molecular formula is C14H11ClFNO3. The molecule has 0 saturated heterocycles. The van der Waals surface area contributed by atoms with Gasteiger partial charge in [-0.1, -0.05) is 41.9 Å². The summed E-state index contributed by atoms with van der Waals surface area (Å²) in [5, 5.41) is -0.360. The topological polar surface area (TPSA) is 48.4 Å². The average Bonchev–Trinajstić information content (AvgIpc) is 2.48. The predicted octanol–water partition coefficient (Wildman–Crippen LogP) is 3.24. The number of benzene rings is 1. The maximum Gasteiger partial charge on any atom is 0.343 e. The highest BCUT2D eigenvalue weighted by atomic mass is 35.5. The first-order valence-electron chi connectivity index (χ1n) is 5.73. The maximum absolute atomic E-state index is 13.4. The number of carbonyl (C=O) groups is 1. The summed E-state index contributed by atoms with van der Waals surface area (Å²) in [6, 6.07) is 10.2. The zero-order valence-electron chi connectivity index (χ0n) is 10.6. The Hall–Kier alpha value is -2.14. The summed E-state index contributed by atoms with van der Waals surface area (Å²) in [5.74, 6) is -1.61. The Morgan fingerprint density at radius 1 is 1.35 bits per heavy atom. The lowest BCUT2D eigenvalue weighted by molar-refractivity contribution is 0.0593. The third kappa shape index (κ3) is 3.24. The minimum absolute atomic E-state index is 0.0629. The number of nitrogens with zero attached hydrogens (tertiary/aromatic N) is 1. The Morgan fingerprint density at radius 2 is 2.05 bits per heavy atom. The third-order valence-corrected chi connectivity index (χ3v) is 2.79. The first kappa shape index (κ1) is 14.3. The summed E-state index contributed by atoms with van der Waals surface area (Å²) in [6.07, 6.45) is 0. The van der Waals surface area contributed by atoms with Crippen molar-refractivity contribution in [2.24, 2.45) is 0 Å². The smallest absolute Gasteiger partial charge is 0.343 e. The largest absolute Gasteiger partial charge is 0.472 e. The highest BCUT2D eigenvalue weighted by molar-refractivity contribution is 6.29. The molecule has 0 spiro atoms. The first-order chi connectivity index (χ1) is 9.61. The molecule has 104 valence electrons. The zero-order chi connectivity index (χ0) is 14.5. The van der Waals surface area contributed by atoms with Gasteiger partial charge in [-0.3, -0.25) is 0 Å². The third-order valence-electron chi connectivity index (χ3n) is 2.52. The second kappa shape index (κ2) is 6.34. The number of ether oxygens (including phenoxy) is 2. The molecule has 2 rings (SSSR count). The minimum Gasteiger partial charge on any atom is -0.472 e. The van der Waals surface area contributed by atoms with Crippen molar-refractivity contribution >= 4 is 17.6 Å². The van der Waals surface area contributed by atoms with E-state index in [-0.39, 0.29) is 23.2 Å². The zero-order valence-corrected chi connectivity index (χ0v) is 11.4. The van der Waals surface area contributed by atoms with E-state index in [1.165, 1.54) is 7.11 Å². The molecule has 0 amide bonds. The fraction of sp³-hybridized carbons (Fsp3) is 0.143. The Kier molecular flexibility index (Phi) is 4.53. The highest BCUT2D eigenvalue weighted by Crippen LogP contribution is 2.23. The monoisotopic (exact) mass is 295 g/mol. The summed E-state index contributed by atoms with van der Waals surface area (Å²) >= 11 is 5.60. The fourth-order valence-electron chi connectivity index (χ4n) is 1.54. The van der Waals surface area contributed by atoms with Crippen molar-refractivity contribution in [3.05, 3.63) is 58.5 Å². The van der Waals surface area contributed by atoms with Crippen LogP contribution < -0.4 is 4.74 Å². The normalized spacial score (nSPS) is 10.2. The van der Waals surface area contributed by atoms with Gasteiger partial charge in [-0.15, -0.1) is 0 Å². The number of hydrogen-bond donors (Lipinski definition) is 0. The van der Waals surface area contributed by atoms with Crippen LogP contribution in [-0.4, -0.2) is 18.1 Å². The van der Waals surface area contributed by atoms with Gasteiger partial charge in [0.1, 0.15) is 12.2 Å². The number of hydrogen-bond acceptors (Lipinski definition) is 4. The van der Waals surface area contributed by atoms with Gasteiger partial charge in [-0.2, -0.15) is 4.98 Å². The lowest BCUT2D eigenvalue weighted by atomic mass is 10.2. The van der Waals surface area contributed by atoms with Crippen molar-refractivity contribution < 1.29 is 18.7 Å². The molecule has 20 heavy (non-hydrogen) atoms. The Bertz CT molecular complexity index is 619. The van der Waals surface area contributed by atoms with Crippen molar-refractivity contribution in [3.8, 4) is 5.88 Å². The van der Waals surface area contributed by atoms with Gasteiger partial charge in [0, 0.05) is 0 Å². The van der Waals surface area contributed by atoms with Gasteiger partial charge in [-0.05, 0) is 11.6 Å². The van der Waals surface area contributed by atoms with Crippen molar-refractivity contribution in [3.63, 3.8) is 0 Å². The Morgan fingerprint density at radius 3 is 2.70 bits per heavy atom. The molecule has 1 aromatic heterocycles. The number of aromatic nitrogens is 1. The molecule has 0 N–H and O–H groups in total. The molecule has 1 heterocycles. The van der Waals surface area contributed by atoms with Crippen LogP contribution >= 0.6 is 11.6 Å². The van der Waals surface area contributed by atoms with Crippen molar-refractivity contribution in [1.82, 2.24) is 4.98 Å². The van der Waals surface area contributed by atoms with Crippen LogP contribution in [0, 0.1) is 5.82 Å². The highest BCUT2D eigenvalue weighted by Gasteiger charge is 2.18. The maximum atomic E-state index is 13.4. The average molecular weight is 296 g/mol. The molecule has 0 atom stereocenters. The van der Waals surface area contributed by atoms with E-state index in [0.29, 0.717) is 0 Å². The summed E-state index contributed by atoms with van der Waals surface area (Å²) in [7, 11) is 1.19. The molecule has 0 aliphatic heterocycles. The standard InChI is InChI=1S/C14H11ClFNO3/c1-19-14(18)10-7-11(16)12(15)17-13(10)20-8-9-5-3-2-4-6-9/h2-7H,8H2,1H3. The van der Waals surface area contributed by atoms with E-state index in [2.05, 4.69) is 9.72 Å². The van der Waals surface area contributed by atoms with Crippen LogP contribution in [0.25, 0.3) is 0 Å². The molecule has 0 saturated carbocycles. The lowest BCUT2D eigenvalue weighted by Gasteiger charge is -2.10. The van der Waals surface area contributed by atoms with Crippen molar-refractivity contribution in [2.45, 2.75) is 6.61 Å². The molecule has 0 radical (unpaired) electrons. The van der Waals surface area contributed by atoms with Gasteiger partial charge in [0.05, 0.1) is 7.11 Å². The van der Waals surface area contributed by atoms with E-state index >= 15 is 0 Å². The van der Waals surface area contributed by atoms with Crippen LogP contribution in [0.2, 0.25) is 5.15 Å². The van der Waals surface area contributed by atoms with Gasteiger partial charge >= 0.3 is 5.97 Å². The van der Waals surface area contributed by atoms with Crippen LogP contribution in [0.5, 0.6) is 5.88 Å². The molecule has 2 aromatic rings. The molecule has 6 heteroatoms. The summed E-state index contributed by atoms with van der Waals surface area (Å²) in [5.41, 5.74) is 0.774. The van der Waals surface area contributed by atoms with E-state index in [1.54, 1.807) is 0 Å². The molecule has 0 fully saturated rings. The van der Waals surface area contributed by atoms with Crippen LogP contribution in [-0.2, 0) is 11.3 Å². The predicted molar refractivity (Wildman–Crippen MR) is 71.3 cm³/mol. The molecule has 0 unspecified atom stereocenters. The van der Waals surface area contributed by atoms with E-state index in [0.717, 1.165) is 11.6 Å². The number of pyridine rings is 1. The molecule has 0 aliphatic rings. The van der Waals surface area contributed by atoms with Crippen molar-refractivity contribution in [2.75, 3.05) is 7.11 Å². The molecule has 0 aliphatic carbocycles. The van der Waals surface area contributed by atoms with E-state index in [4.69, 9.17) is 16.3 Å². The Labute approximate surface area is 120 Å². The van der Waals surface area contributed by atoms with E-state index < -0.39 is 11.8 Å². The second-order valence-corrected chi connectivity index (χ2v) is 4.24. The number of esters is 1. The second-order valence-electron chi connectivity index (χ2n) is 3.88. The summed E-state index contributed by atoms with van der Waals surface area (Å²) in [6.45, 7) is 0.180. The molecule has 0 bridgehead atoms. The molecular weight excluding hydrogens is 285 g/mol. The van der Waals surface area contributed by atoms with Crippen LogP contribution in [0.15, 0.2) is 36.4 Å². The van der Waals surface area contributed by atoms with E-state index in [1.807, 2.05) is 30.3 Å². The number of halogens is 2. The number of methoxy groups -OCH3 is 1. The van der Waals surface area contributed by atoms with Crippen molar-refractivity contribution in [1.29, 1.82) is 0 Å². The molecule has 4 nitrogen and oxygen atoms in total. The summed E-state index contributed by atoms with van der Waals surface area (Å²) in [4.78, 5) is 15.3. The fourth-order valence-corrected chi connectivity index (χ4v) is 1.67. The van der Waals surface area contributed by atoms with Crippen LogP contribution in [0.3, 0.4) is 0 Å². The SMILES string of the molecule is COC(=O)c1cc(F)c(Cl)nc1OCc1ccccc1. The van der Waals surface area contributed by atoms with Crippen LogP contribution in [0.4, 0.5) is 4.39 Å². The first-order valence-corrected chi connectivity index (χ1v) is 6.10. The lowest BCUT2D eigenvalue weighted by Crippen LogP contribution is -2.08. The quantitative estimate of drug-likeness (QED) is 0.642. The minimum atomic E-state index is -0.806. The molecule has 1 aromatic carbocycles. The van der Waals surface area contributed by atoms with Gasteiger partial charge in [0.25, 0.3) is 0 Å². The van der Waals surface area contributed by atoms with E-state index in [9.17, 15) is 9.18 Å². The van der Waals surface area contributed by atoms with Gasteiger partial charge in [-0.25, -0.2) is 9.18 Å². The summed E-state index contributed by atoms with van der Waals surface area (Å²) < 4.78 is 23.3. The number of rotatable bonds is 4. The van der Waals surface area contributed by atoms with Gasteiger partial charge < -0.3 is 9.47 Å².